The summed E-state index contributed by atoms with van der Waals surface area (Å²) >= 11 is 0. The molecule has 1 fully saturated rings. The van der Waals surface area contributed by atoms with E-state index in [1.165, 1.54) is 0 Å². The van der Waals surface area contributed by atoms with Gasteiger partial charge in [-0.15, -0.1) is 12.4 Å². The van der Waals surface area contributed by atoms with Crippen LogP contribution in [0.25, 0.3) is 0 Å². The molecule has 0 aromatic heterocycles. The predicted octanol–water partition coefficient (Wildman–Crippen LogP) is 3.55. The molecule has 0 radical (unpaired) electrons. The van der Waals surface area contributed by atoms with E-state index in [1.807, 2.05) is 61.5 Å². The lowest BCUT2D eigenvalue weighted by atomic mass is 9.94. The van der Waals surface area contributed by atoms with E-state index < -0.39 is 0 Å². The minimum atomic E-state index is -0.342. The number of benzene rings is 2. The third-order valence-corrected chi connectivity index (χ3v) is 4.45. The van der Waals surface area contributed by atoms with Crippen LogP contribution in [0, 0.1) is 5.92 Å². The smallest absolute Gasteiger partial charge is 0.229 e. The molecule has 1 aliphatic rings. The van der Waals surface area contributed by atoms with Crippen LogP contribution in [0.4, 0.5) is 5.69 Å². The topological polar surface area (TPSA) is 73.6 Å². The van der Waals surface area contributed by atoms with Gasteiger partial charge in [0, 0.05) is 18.2 Å². The molecule has 1 amide bonds. The number of rotatable bonds is 6. The molecule has 26 heavy (non-hydrogen) atoms. The Balaban J connectivity index is 0.00000243. The minimum absolute atomic E-state index is 0. The van der Waals surface area contributed by atoms with E-state index in [9.17, 15) is 4.79 Å². The van der Waals surface area contributed by atoms with Crippen LogP contribution in [-0.2, 0) is 9.53 Å². The highest BCUT2D eigenvalue weighted by Gasteiger charge is 2.22. The standard InChI is InChI=1S/C20H24N2O3.ClH/c1-14(19(21)15-5-3-2-4-6-15)20(23)22-16-7-9-17(10-8-16)25-18-11-12-24-13-18;/h2-10,14,18-19H,11-13,21H2,1H3,(H,22,23);1H. The maximum Gasteiger partial charge on any atom is 0.229 e. The molecule has 2 aromatic carbocycles. The van der Waals surface area contributed by atoms with Crippen LogP contribution < -0.4 is 15.8 Å². The number of anilines is 1. The van der Waals surface area contributed by atoms with Gasteiger partial charge in [0.1, 0.15) is 11.9 Å². The van der Waals surface area contributed by atoms with Gasteiger partial charge >= 0.3 is 0 Å². The first-order chi connectivity index (χ1) is 12.1. The Morgan fingerprint density at radius 2 is 1.88 bits per heavy atom. The van der Waals surface area contributed by atoms with E-state index in [2.05, 4.69) is 5.32 Å². The fourth-order valence-electron chi connectivity index (χ4n) is 2.80. The minimum Gasteiger partial charge on any atom is -0.488 e. The summed E-state index contributed by atoms with van der Waals surface area (Å²) in [7, 11) is 0. The number of hydrogen-bond donors (Lipinski definition) is 2. The maximum atomic E-state index is 12.5. The fourth-order valence-corrected chi connectivity index (χ4v) is 2.80. The molecule has 0 aliphatic carbocycles. The summed E-state index contributed by atoms with van der Waals surface area (Å²) in [6, 6.07) is 16.7. The molecule has 3 rings (SSSR count). The van der Waals surface area contributed by atoms with Crippen molar-refractivity contribution < 1.29 is 14.3 Å². The Morgan fingerprint density at radius 1 is 1.19 bits per heavy atom. The van der Waals surface area contributed by atoms with Crippen LogP contribution in [0.3, 0.4) is 0 Å². The van der Waals surface area contributed by atoms with Gasteiger partial charge in [0.05, 0.1) is 19.1 Å². The summed E-state index contributed by atoms with van der Waals surface area (Å²) in [4.78, 5) is 12.5. The Labute approximate surface area is 160 Å². The van der Waals surface area contributed by atoms with Crippen molar-refractivity contribution in [2.24, 2.45) is 11.7 Å². The van der Waals surface area contributed by atoms with Crippen molar-refractivity contribution in [2.75, 3.05) is 18.5 Å². The molecule has 2 aromatic rings. The lowest BCUT2D eigenvalue weighted by Crippen LogP contribution is -2.30. The maximum absolute atomic E-state index is 12.5. The Hall–Kier alpha value is -2.08. The van der Waals surface area contributed by atoms with Crippen molar-refractivity contribution in [3.8, 4) is 5.75 Å². The summed E-state index contributed by atoms with van der Waals surface area (Å²) < 4.78 is 11.1. The molecule has 3 unspecified atom stereocenters. The Kier molecular flexibility index (Phi) is 7.45. The average molecular weight is 377 g/mol. The van der Waals surface area contributed by atoms with E-state index in [0.29, 0.717) is 6.61 Å². The number of nitrogens with two attached hydrogens (primary N) is 1. The average Bonchev–Trinajstić information content (AvgIpc) is 3.16. The van der Waals surface area contributed by atoms with Crippen molar-refractivity contribution >= 4 is 24.0 Å². The molecule has 0 spiro atoms. The van der Waals surface area contributed by atoms with Crippen LogP contribution in [0.1, 0.15) is 24.9 Å². The highest BCUT2D eigenvalue weighted by atomic mass is 35.5. The third-order valence-electron chi connectivity index (χ3n) is 4.45. The molecule has 140 valence electrons. The first-order valence-electron chi connectivity index (χ1n) is 8.59. The van der Waals surface area contributed by atoms with Crippen molar-refractivity contribution in [3.05, 3.63) is 60.2 Å². The van der Waals surface area contributed by atoms with E-state index in [0.717, 1.165) is 30.0 Å². The van der Waals surface area contributed by atoms with Crippen molar-refractivity contribution in [1.29, 1.82) is 0 Å². The zero-order valence-electron chi connectivity index (χ0n) is 14.8. The first kappa shape index (κ1) is 20.2. The number of hydrogen-bond acceptors (Lipinski definition) is 4. The zero-order chi connectivity index (χ0) is 17.6. The lowest BCUT2D eigenvalue weighted by molar-refractivity contribution is -0.120. The van der Waals surface area contributed by atoms with E-state index in [4.69, 9.17) is 15.2 Å². The molecule has 6 heteroatoms. The second-order valence-corrected chi connectivity index (χ2v) is 6.34. The molecular weight excluding hydrogens is 352 g/mol. The zero-order valence-corrected chi connectivity index (χ0v) is 15.6. The second-order valence-electron chi connectivity index (χ2n) is 6.34. The Morgan fingerprint density at radius 3 is 2.50 bits per heavy atom. The summed E-state index contributed by atoms with van der Waals surface area (Å²) in [6.45, 7) is 3.22. The number of carbonyl (C=O) groups excluding carboxylic acids is 1. The summed E-state index contributed by atoms with van der Waals surface area (Å²) in [5.41, 5.74) is 7.90. The molecule has 1 saturated heterocycles. The van der Waals surface area contributed by atoms with Crippen molar-refractivity contribution in [3.63, 3.8) is 0 Å². The highest BCUT2D eigenvalue weighted by Crippen LogP contribution is 2.23. The van der Waals surface area contributed by atoms with Gasteiger partial charge in [-0.2, -0.15) is 0 Å². The monoisotopic (exact) mass is 376 g/mol. The van der Waals surface area contributed by atoms with E-state index in [1.54, 1.807) is 0 Å². The van der Waals surface area contributed by atoms with E-state index >= 15 is 0 Å². The molecule has 5 nitrogen and oxygen atoms in total. The SMILES string of the molecule is CC(C(=O)Nc1ccc(OC2CCOC2)cc1)C(N)c1ccccc1.Cl. The van der Waals surface area contributed by atoms with Crippen LogP contribution in [0.15, 0.2) is 54.6 Å². The number of amides is 1. The van der Waals surface area contributed by atoms with Gasteiger partial charge in [0.2, 0.25) is 5.91 Å². The lowest BCUT2D eigenvalue weighted by Gasteiger charge is -2.20. The normalized spacial score (nSPS) is 18.5. The van der Waals surface area contributed by atoms with Crippen molar-refractivity contribution in [2.45, 2.75) is 25.5 Å². The fraction of sp³-hybridized carbons (Fsp3) is 0.350. The predicted molar refractivity (Wildman–Crippen MR) is 105 cm³/mol. The number of halogens is 1. The van der Waals surface area contributed by atoms with Gasteiger partial charge in [0.25, 0.3) is 0 Å². The highest BCUT2D eigenvalue weighted by molar-refractivity contribution is 5.92. The van der Waals surface area contributed by atoms with E-state index in [-0.39, 0.29) is 36.4 Å². The van der Waals surface area contributed by atoms with Gasteiger partial charge in [-0.05, 0) is 29.8 Å². The van der Waals surface area contributed by atoms with Gasteiger partial charge in [-0.25, -0.2) is 0 Å². The number of ether oxygens (including phenoxy) is 2. The number of carbonyl (C=O) groups is 1. The Bertz CT molecular complexity index is 688. The molecule has 1 aliphatic heterocycles. The van der Waals surface area contributed by atoms with Gasteiger partial charge in [-0.3, -0.25) is 4.79 Å². The molecule has 0 bridgehead atoms. The second kappa shape index (κ2) is 9.57. The summed E-state index contributed by atoms with van der Waals surface area (Å²) in [5, 5.41) is 2.91. The summed E-state index contributed by atoms with van der Waals surface area (Å²) in [5.74, 6) is 0.339. The third kappa shape index (κ3) is 5.21. The molecule has 1 heterocycles. The quantitative estimate of drug-likeness (QED) is 0.808. The van der Waals surface area contributed by atoms with Crippen LogP contribution in [0.5, 0.6) is 5.75 Å². The molecular formula is C20H25ClN2O3. The first-order valence-corrected chi connectivity index (χ1v) is 8.59. The van der Waals surface area contributed by atoms with Gasteiger partial charge in [-0.1, -0.05) is 37.3 Å². The summed E-state index contributed by atoms with van der Waals surface area (Å²) in [6.07, 6.45) is 1.03. The molecule has 3 atom stereocenters. The van der Waals surface area contributed by atoms with Gasteiger partial charge in [0.15, 0.2) is 0 Å². The largest absolute Gasteiger partial charge is 0.488 e. The van der Waals surface area contributed by atoms with Crippen LogP contribution in [-0.4, -0.2) is 25.2 Å². The van der Waals surface area contributed by atoms with Crippen LogP contribution >= 0.6 is 12.4 Å². The molecule has 0 saturated carbocycles. The number of nitrogens with one attached hydrogen (secondary N) is 1. The van der Waals surface area contributed by atoms with Gasteiger partial charge < -0.3 is 20.5 Å². The molecule has 3 N–H and O–H groups in total. The van der Waals surface area contributed by atoms with Crippen LogP contribution in [0.2, 0.25) is 0 Å². The van der Waals surface area contributed by atoms with Crippen molar-refractivity contribution in [1.82, 2.24) is 0 Å².